The van der Waals surface area contributed by atoms with Gasteiger partial charge in [0.1, 0.15) is 17.4 Å². The van der Waals surface area contributed by atoms with Crippen molar-refractivity contribution in [2.45, 2.75) is 52.2 Å². The van der Waals surface area contributed by atoms with Gasteiger partial charge in [-0.1, -0.05) is 24.6 Å². The number of anilines is 1. The second-order valence-electron chi connectivity index (χ2n) is 7.64. The third-order valence-corrected chi connectivity index (χ3v) is 5.32. The summed E-state index contributed by atoms with van der Waals surface area (Å²) in [5.41, 5.74) is 1.83. The monoisotopic (exact) mass is 408 g/mol. The van der Waals surface area contributed by atoms with Gasteiger partial charge in [0.15, 0.2) is 11.9 Å². The van der Waals surface area contributed by atoms with E-state index in [1.807, 2.05) is 18.2 Å². The number of aromatic nitrogens is 3. The molecule has 30 heavy (non-hydrogen) atoms. The van der Waals surface area contributed by atoms with Crippen LogP contribution in [-0.4, -0.2) is 26.8 Å². The maximum atomic E-state index is 13.7. The Labute approximate surface area is 175 Å². The highest BCUT2D eigenvalue weighted by Crippen LogP contribution is 2.26. The van der Waals surface area contributed by atoms with Crippen molar-refractivity contribution >= 4 is 11.6 Å². The van der Waals surface area contributed by atoms with Crippen LogP contribution in [0.5, 0.6) is 5.75 Å². The predicted molar refractivity (Wildman–Crippen MR) is 113 cm³/mol. The highest BCUT2D eigenvalue weighted by atomic mass is 19.1. The molecular weight excluding hydrogens is 383 g/mol. The summed E-state index contributed by atoms with van der Waals surface area (Å²) in [5.74, 6) is 1.70. The molecule has 0 radical (unpaired) electrons. The zero-order chi connectivity index (χ0) is 21.1. The number of fused-ring (bicyclic) bond motifs is 1. The summed E-state index contributed by atoms with van der Waals surface area (Å²) < 4.78 is 21.7. The number of hydrogen-bond donors (Lipinski definition) is 1. The van der Waals surface area contributed by atoms with E-state index in [2.05, 4.69) is 20.1 Å². The lowest BCUT2D eigenvalue weighted by atomic mass is 10.2. The second kappa shape index (κ2) is 8.65. The lowest BCUT2D eigenvalue weighted by Gasteiger charge is -2.16. The molecule has 0 bridgehead atoms. The van der Waals surface area contributed by atoms with Crippen LogP contribution in [0.4, 0.5) is 10.1 Å². The van der Waals surface area contributed by atoms with Crippen LogP contribution in [0, 0.1) is 12.7 Å². The van der Waals surface area contributed by atoms with E-state index in [1.165, 1.54) is 12.5 Å². The Morgan fingerprint density at radius 3 is 2.87 bits per heavy atom. The van der Waals surface area contributed by atoms with Gasteiger partial charge in [0, 0.05) is 24.2 Å². The number of nitrogens with zero attached hydrogens (tertiary/aromatic N) is 3. The van der Waals surface area contributed by atoms with Gasteiger partial charge in [-0.25, -0.2) is 4.39 Å². The highest BCUT2D eigenvalue weighted by Gasteiger charge is 2.18. The van der Waals surface area contributed by atoms with E-state index in [9.17, 15) is 9.18 Å². The number of carbonyl (C=O) groups excluding carboxylic acids is 1. The summed E-state index contributed by atoms with van der Waals surface area (Å²) in [6, 6.07) is 12.1. The van der Waals surface area contributed by atoms with E-state index in [0.29, 0.717) is 17.0 Å². The molecule has 6 nitrogen and oxygen atoms in total. The van der Waals surface area contributed by atoms with Gasteiger partial charge in [-0.15, -0.1) is 10.2 Å². The number of nitrogens with one attached hydrogen (secondary N) is 1. The Morgan fingerprint density at radius 2 is 2.03 bits per heavy atom. The number of halogens is 1. The number of hydrogen-bond acceptors (Lipinski definition) is 4. The van der Waals surface area contributed by atoms with Crippen molar-refractivity contribution in [2.75, 3.05) is 5.32 Å². The topological polar surface area (TPSA) is 69.0 Å². The number of carbonyl (C=O) groups is 1. The summed E-state index contributed by atoms with van der Waals surface area (Å²) in [6.45, 7) is 4.25. The summed E-state index contributed by atoms with van der Waals surface area (Å²) in [4.78, 5) is 12.5. The van der Waals surface area contributed by atoms with Gasteiger partial charge in [-0.2, -0.15) is 0 Å². The van der Waals surface area contributed by atoms with Crippen LogP contribution in [0.2, 0.25) is 0 Å². The predicted octanol–water partition coefficient (Wildman–Crippen LogP) is 4.53. The van der Waals surface area contributed by atoms with Crippen molar-refractivity contribution in [1.82, 2.24) is 14.8 Å². The molecule has 1 aromatic heterocycles. The molecule has 0 aliphatic carbocycles. The minimum Gasteiger partial charge on any atom is -0.481 e. The molecule has 7 heteroatoms. The summed E-state index contributed by atoms with van der Waals surface area (Å²) in [5, 5.41) is 11.4. The normalized spacial score (nSPS) is 14.5. The molecule has 156 valence electrons. The first kappa shape index (κ1) is 20.1. The highest BCUT2D eigenvalue weighted by molar-refractivity contribution is 5.94. The molecule has 1 atom stereocenters. The third-order valence-electron chi connectivity index (χ3n) is 5.32. The summed E-state index contributed by atoms with van der Waals surface area (Å²) >= 11 is 0. The number of benzene rings is 2. The molecule has 4 rings (SSSR count). The van der Waals surface area contributed by atoms with E-state index >= 15 is 0 Å². The van der Waals surface area contributed by atoms with E-state index in [-0.39, 0.29) is 11.7 Å². The van der Waals surface area contributed by atoms with Crippen molar-refractivity contribution < 1.29 is 13.9 Å². The van der Waals surface area contributed by atoms with Crippen molar-refractivity contribution in [1.29, 1.82) is 0 Å². The molecule has 0 unspecified atom stereocenters. The summed E-state index contributed by atoms with van der Waals surface area (Å²) in [6.07, 6.45) is 3.65. The van der Waals surface area contributed by atoms with Gasteiger partial charge in [0.2, 0.25) is 0 Å². The van der Waals surface area contributed by atoms with E-state index in [1.54, 1.807) is 32.0 Å². The molecule has 2 aromatic carbocycles. The number of amides is 1. The first-order valence-electron chi connectivity index (χ1n) is 10.3. The molecule has 0 fully saturated rings. The Kier molecular flexibility index (Phi) is 5.79. The Morgan fingerprint density at radius 1 is 1.17 bits per heavy atom. The molecule has 0 spiro atoms. The smallest absolute Gasteiger partial charge is 0.265 e. The molecule has 1 amide bonds. The minimum atomic E-state index is -0.750. The molecule has 1 aliphatic heterocycles. The molecular formula is C23H25FN4O2. The number of rotatable bonds is 5. The molecule has 2 heterocycles. The van der Waals surface area contributed by atoms with E-state index < -0.39 is 6.10 Å². The molecule has 0 saturated heterocycles. The average molecular weight is 408 g/mol. The van der Waals surface area contributed by atoms with Crippen molar-refractivity contribution in [3.8, 4) is 17.1 Å². The van der Waals surface area contributed by atoms with Crippen LogP contribution < -0.4 is 10.1 Å². The number of aryl methyl sites for hydroxylation is 2. The molecule has 0 saturated carbocycles. The minimum absolute atomic E-state index is 0.347. The fourth-order valence-corrected chi connectivity index (χ4v) is 3.58. The quantitative estimate of drug-likeness (QED) is 0.674. The van der Waals surface area contributed by atoms with Gasteiger partial charge in [-0.05, 0) is 56.5 Å². The molecule has 1 N–H and O–H groups in total. The maximum Gasteiger partial charge on any atom is 0.265 e. The zero-order valence-corrected chi connectivity index (χ0v) is 17.2. The number of ether oxygens (including phenoxy) is 1. The SMILES string of the molecule is Cc1ccc(NC(=O)[C@@H](C)Oc2cccc(-c3nnc4n3CCCCC4)c2)cc1F. The van der Waals surface area contributed by atoms with Crippen molar-refractivity contribution in [3.05, 3.63) is 59.7 Å². The average Bonchev–Trinajstić information content (AvgIpc) is 2.99. The Bertz CT molecular complexity index is 1060. The first-order chi connectivity index (χ1) is 14.5. The first-order valence-corrected chi connectivity index (χ1v) is 10.3. The van der Waals surface area contributed by atoms with Crippen LogP contribution in [-0.2, 0) is 17.8 Å². The van der Waals surface area contributed by atoms with Gasteiger partial charge < -0.3 is 14.6 Å². The lowest BCUT2D eigenvalue weighted by molar-refractivity contribution is -0.122. The van der Waals surface area contributed by atoms with E-state index in [4.69, 9.17) is 4.74 Å². The fraction of sp³-hybridized carbons (Fsp3) is 0.348. The van der Waals surface area contributed by atoms with E-state index in [0.717, 1.165) is 43.0 Å². The lowest BCUT2D eigenvalue weighted by Crippen LogP contribution is -2.30. The van der Waals surface area contributed by atoms with Gasteiger partial charge in [-0.3, -0.25) is 4.79 Å². The van der Waals surface area contributed by atoms with Crippen LogP contribution in [0.1, 0.15) is 37.6 Å². The third kappa shape index (κ3) is 4.35. The van der Waals surface area contributed by atoms with Crippen LogP contribution in [0.15, 0.2) is 42.5 Å². The van der Waals surface area contributed by atoms with Gasteiger partial charge >= 0.3 is 0 Å². The zero-order valence-electron chi connectivity index (χ0n) is 17.2. The van der Waals surface area contributed by atoms with Crippen LogP contribution >= 0.6 is 0 Å². The van der Waals surface area contributed by atoms with Crippen molar-refractivity contribution in [2.24, 2.45) is 0 Å². The Hall–Kier alpha value is -3.22. The van der Waals surface area contributed by atoms with Crippen LogP contribution in [0.3, 0.4) is 0 Å². The van der Waals surface area contributed by atoms with Gasteiger partial charge in [0.25, 0.3) is 5.91 Å². The van der Waals surface area contributed by atoms with Gasteiger partial charge in [0.05, 0.1) is 0 Å². The van der Waals surface area contributed by atoms with Crippen molar-refractivity contribution in [3.63, 3.8) is 0 Å². The maximum absolute atomic E-state index is 13.7. The molecule has 1 aliphatic rings. The largest absolute Gasteiger partial charge is 0.481 e. The Balaban J connectivity index is 1.47. The van der Waals surface area contributed by atoms with Crippen LogP contribution in [0.25, 0.3) is 11.4 Å². The fourth-order valence-electron chi connectivity index (χ4n) is 3.58. The second-order valence-corrected chi connectivity index (χ2v) is 7.64. The standard InChI is InChI=1S/C23H25FN4O2/c1-15-10-11-18(14-20(15)24)25-23(29)16(2)30-19-8-6-7-17(13-19)22-27-26-21-9-4-3-5-12-28(21)22/h6-8,10-11,13-14,16H,3-5,9,12H2,1-2H3,(H,25,29)/t16-/m1/s1. The summed E-state index contributed by atoms with van der Waals surface area (Å²) in [7, 11) is 0. The molecule has 3 aromatic rings.